The van der Waals surface area contributed by atoms with E-state index < -0.39 is 0 Å². The van der Waals surface area contributed by atoms with Gasteiger partial charge in [0, 0.05) is 39.8 Å². The molecule has 2 heteroatoms. The van der Waals surface area contributed by atoms with E-state index in [0.717, 1.165) is 61.9 Å². The maximum absolute atomic E-state index is 7.21. The predicted octanol–water partition coefficient (Wildman–Crippen LogP) is 15.3. The maximum Gasteiger partial charge on any atom is 0.143 e. The summed E-state index contributed by atoms with van der Waals surface area (Å²) in [4.78, 5) is 2.32. The van der Waals surface area contributed by atoms with Crippen LogP contribution in [0, 0.1) is 0 Å². The van der Waals surface area contributed by atoms with Gasteiger partial charge in [-0.25, -0.2) is 0 Å². The van der Waals surface area contributed by atoms with Crippen molar-refractivity contribution in [3.63, 3.8) is 0 Å². The van der Waals surface area contributed by atoms with E-state index in [2.05, 4.69) is 229 Å². The second-order valence-corrected chi connectivity index (χ2v) is 14.1. The Morgan fingerprint density at radius 3 is 1.23 bits per heavy atom. The largest absolute Gasteiger partial charge is 0.455 e. The van der Waals surface area contributed by atoms with Gasteiger partial charge in [-0.2, -0.15) is 0 Å². The zero-order chi connectivity index (χ0) is 37.3. The summed E-state index contributed by atoms with van der Waals surface area (Å²) in [5.74, 6) is 1.66. The van der Waals surface area contributed by atoms with Crippen molar-refractivity contribution in [1.82, 2.24) is 0 Å². The molecule has 0 N–H and O–H groups in total. The van der Waals surface area contributed by atoms with E-state index in [9.17, 15) is 0 Å². The van der Waals surface area contributed by atoms with Crippen LogP contribution < -0.4 is 9.64 Å². The van der Waals surface area contributed by atoms with Crippen molar-refractivity contribution in [2.75, 3.05) is 4.90 Å². The average molecular weight is 716 g/mol. The number of ether oxygens (including phenoxy) is 1. The van der Waals surface area contributed by atoms with Gasteiger partial charge in [0.25, 0.3) is 0 Å². The monoisotopic (exact) mass is 715 g/mol. The number of para-hydroxylation sites is 1. The van der Waals surface area contributed by atoms with Crippen molar-refractivity contribution < 1.29 is 4.74 Å². The maximum atomic E-state index is 7.21. The van der Waals surface area contributed by atoms with E-state index >= 15 is 0 Å². The zero-order valence-electron chi connectivity index (χ0n) is 30.7. The SMILES string of the molecule is c1ccc(-c2ccc(N(c3ccc(-c4ccccc4)cc3)c3ccc4c(c3)Oc3c(-c5ccccc5)cccc3-c3ccc(-c5ccccc5)cc3-4)cc2)cc1. The number of anilines is 3. The first kappa shape index (κ1) is 33.2. The smallest absolute Gasteiger partial charge is 0.143 e. The lowest BCUT2D eigenvalue weighted by molar-refractivity contribution is 0.489. The van der Waals surface area contributed by atoms with Crippen LogP contribution in [0.25, 0.3) is 66.8 Å². The lowest BCUT2D eigenvalue weighted by Gasteiger charge is -2.27. The number of hydrogen-bond acceptors (Lipinski definition) is 2. The molecule has 0 saturated carbocycles. The molecule has 0 fully saturated rings. The fraction of sp³-hybridized carbons (Fsp3) is 0. The Hall–Kier alpha value is -7.42. The Morgan fingerprint density at radius 2 is 0.679 bits per heavy atom. The normalized spacial score (nSPS) is 11.4. The van der Waals surface area contributed by atoms with Crippen LogP contribution in [0.3, 0.4) is 0 Å². The summed E-state index contributed by atoms with van der Waals surface area (Å²) in [6.45, 7) is 0. The highest BCUT2D eigenvalue weighted by molar-refractivity contribution is 5.97. The topological polar surface area (TPSA) is 12.5 Å². The van der Waals surface area contributed by atoms with E-state index in [1.165, 1.54) is 33.4 Å². The molecule has 264 valence electrons. The van der Waals surface area contributed by atoms with Crippen LogP contribution in [0.1, 0.15) is 0 Å². The van der Waals surface area contributed by atoms with Crippen molar-refractivity contribution in [3.05, 3.63) is 224 Å². The highest BCUT2D eigenvalue weighted by Crippen LogP contribution is 2.52. The Morgan fingerprint density at radius 1 is 0.250 bits per heavy atom. The molecule has 9 aromatic rings. The van der Waals surface area contributed by atoms with Gasteiger partial charge in [-0.05, 0) is 92.5 Å². The second-order valence-electron chi connectivity index (χ2n) is 14.1. The van der Waals surface area contributed by atoms with Gasteiger partial charge in [0.1, 0.15) is 11.5 Å². The van der Waals surface area contributed by atoms with Crippen molar-refractivity contribution in [2.24, 2.45) is 0 Å². The summed E-state index contributed by atoms with van der Waals surface area (Å²) in [6.07, 6.45) is 0. The van der Waals surface area contributed by atoms with Crippen molar-refractivity contribution in [1.29, 1.82) is 0 Å². The summed E-state index contributed by atoms with van der Waals surface area (Å²) in [5.41, 5.74) is 16.8. The van der Waals surface area contributed by atoms with Gasteiger partial charge in [-0.15, -0.1) is 0 Å². The lowest BCUT2D eigenvalue weighted by atomic mass is 9.89. The zero-order valence-corrected chi connectivity index (χ0v) is 30.7. The Kier molecular flexibility index (Phi) is 8.55. The van der Waals surface area contributed by atoms with E-state index in [0.29, 0.717) is 0 Å². The lowest BCUT2D eigenvalue weighted by Crippen LogP contribution is -2.10. The molecule has 0 unspecified atom stereocenters. The molecule has 1 aliphatic heterocycles. The first-order valence-corrected chi connectivity index (χ1v) is 19.1. The van der Waals surface area contributed by atoms with Gasteiger partial charge in [0.05, 0.1) is 0 Å². The molecule has 0 aliphatic carbocycles. The molecular formula is C54H37NO. The number of rotatable bonds is 7. The van der Waals surface area contributed by atoms with Crippen LogP contribution in [0.4, 0.5) is 17.1 Å². The molecule has 0 atom stereocenters. The fourth-order valence-electron chi connectivity index (χ4n) is 7.90. The molecule has 0 saturated heterocycles. The predicted molar refractivity (Wildman–Crippen MR) is 234 cm³/mol. The van der Waals surface area contributed by atoms with Gasteiger partial charge < -0.3 is 9.64 Å². The third kappa shape index (κ3) is 6.24. The third-order valence-electron chi connectivity index (χ3n) is 10.7. The summed E-state index contributed by atoms with van der Waals surface area (Å²) in [6, 6.07) is 79.8. The van der Waals surface area contributed by atoms with Gasteiger partial charge in [-0.1, -0.05) is 176 Å². The first-order chi connectivity index (χ1) is 27.8. The Bertz CT molecular complexity index is 2700. The molecule has 0 bridgehead atoms. The molecule has 56 heavy (non-hydrogen) atoms. The van der Waals surface area contributed by atoms with E-state index in [-0.39, 0.29) is 0 Å². The molecule has 0 spiro atoms. The number of hydrogen-bond donors (Lipinski definition) is 0. The molecule has 0 aromatic heterocycles. The molecule has 9 aromatic carbocycles. The van der Waals surface area contributed by atoms with Crippen LogP contribution in [0.2, 0.25) is 0 Å². The minimum absolute atomic E-state index is 0.808. The van der Waals surface area contributed by atoms with Crippen LogP contribution in [-0.4, -0.2) is 0 Å². The summed E-state index contributed by atoms with van der Waals surface area (Å²) in [7, 11) is 0. The van der Waals surface area contributed by atoms with Crippen molar-refractivity contribution in [2.45, 2.75) is 0 Å². The Balaban J connectivity index is 1.15. The average Bonchev–Trinajstić information content (AvgIpc) is 3.42. The minimum atomic E-state index is 0.808. The molecular weight excluding hydrogens is 679 g/mol. The van der Waals surface area contributed by atoms with Gasteiger partial charge in [-0.3, -0.25) is 0 Å². The van der Waals surface area contributed by atoms with Gasteiger partial charge in [0.15, 0.2) is 0 Å². The molecule has 0 radical (unpaired) electrons. The molecule has 1 aliphatic rings. The summed E-state index contributed by atoms with van der Waals surface area (Å²) in [5, 5.41) is 0. The Labute approximate surface area is 328 Å². The van der Waals surface area contributed by atoms with Crippen molar-refractivity contribution in [3.8, 4) is 78.3 Å². The van der Waals surface area contributed by atoms with Crippen LogP contribution in [0.15, 0.2) is 224 Å². The quantitative estimate of drug-likeness (QED) is 0.163. The minimum Gasteiger partial charge on any atom is -0.455 e. The van der Waals surface area contributed by atoms with Crippen molar-refractivity contribution >= 4 is 17.1 Å². The summed E-state index contributed by atoms with van der Waals surface area (Å²) >= 11 is 0. The standard InChI is InChI=1S/C54H37NO/c1-5-14-38(15-6-1)41-24-29-45(30-25-41)55(46-31-26-42(27-32-46)39-16-7-2-8-17-39)47-33-35-50-52-36-44(40-18-9-3-10-19-40)28-34-49(52)51-23-13-22-48(43-20-11-4-12-21-43)54(51)56-53(50)37-47/h1-37H. The van der Waals surface area contributed by atoms with E-state index in [1.807, 2.05) is 0 Å². The van der Waals surface area contributed by atoms with Crippen LogP contribution >= 0.6 is 0 Å². The second kappa shape index (κ2) is 14.4. The van der Waals surface area contributed by atoms with Crippen LogP contribution in [-0.2, 0) is 0 Å². The fourth-order valence-corrected chi connectivity index (χ4v) is 7.90. The van der Waals surface area contributed by atoms with E-state index in [4.69, 9.17) is 4.74 Å². The third-order valence-corrected chi connectivity index (χ3v) is 10.7. The van der Waals surface area contributed by atoms with Gasteiger partial charge >= 0.3 is 0 Å². The molecule has 0 amide bonds. The van der Waals surface area contributed by atoms with Crippen LogP contribution in [0.5, 0.6) is 11.5 Å². The summed E-state index contributed by atoms with van der Waals surface area (Å²) < 4.78 is 7.21. The van der Waals surface area contributed by atoms with Gasteiger partial charge in [0.2, 0.25) is 0 Å². The highest BCUT2D eigenvalue weighted by Gasteiger charge is 2.26. The van der Waals surface area contributed by atoms with E-state index in [1.54, 1.807) is 0 Å². The number of fused-ring (bicyclic) bond motifs is 5. The molecule has 2 nitrogen and oxygen atoms in total. The highest BCUT2D eigenvalue weighted by atomic mass is 16.5. The first-order valence-electron chi connectivity index (χ1n) is 19.1. The molecule has 10 rings (SSSR count). The molecule has 1 heterocycles. The number of nitrogens with zero attached hydrogens (tertiary/aromatic N) is 1. The number of benzene rings is 9.